The molecule has 4 heteroatoms. The van der Waals surface area contributed by atoms with Crippen molar-refractivity contribution in [1.29, 1.82) is 0 Å². The molecule has 2 rings (SSSR count). The van der Waals surface area contributed by atoms with Crippen LogP contribution >= 0.6 is 0 Å². The van der Waals surface area contributed by atoms with Gasteiger partial charge >= 0.3 is 0 Å². The molecule has 17 heavy (non-hydrogen) atoms. The molecule has 1 N–H and O–H groups in total. The van der Waals surface area contributed by atoms with Gasteiger partial charge in [0.25, 0.3) is 0 Å². The minimum Gasteiger partial charge on any atom is -0.394 e. The topological polar surface area (TPSA) is 55.2 Å². The normalized spacial score (nSPS) is 10.7. The smallest absolute Gasteiger partial charge is 0.141 e. The lowest BCUT2D eigenvalue weighted by molar-refractivity contribution is 0.0458. The van der Waals surface area contributed by atoms with Crippen molar-refractivity contribution in [2.24, 2.45) is 0 Å². The third-order valence-corrected chi connectivity index (χ3v) is 2.29. The van der Waals surface area contributed by atoms with E-state index >= 15 is 0 Å². The Labute approximate surface area is 99.9 Å². The van der Waals surface area contributed by atoms with Crippen LogP contribution in [-0.4, -0.2) is 28.3 Å². The van der Waals surface area contributed by atoms with Gasteiger partial charge in [-0.3, -0.25) is 9.97 Å². The van der Waals surface area contributed by atoms with Gasteiger partial charge in [0.05, 0.1) is 24.6 Å². The highest BCUT2D eigenvalue weighted by Crippen LogP contribution is 2.21. The molecule has 0 aliphatic carbocycles. The van der Waals surface area contributed by atoms with Gasteiger partial charge in [0.1, 0.15) is 6.10 Å². The van der Waals surface area contributed by atoms with Gasteiger partial charge in [-0.25, -0.2) is 0 Å². The average Bonchev–Trinajstić information content (AvgIpc) is 2.42. The monoisotopic (exact) mass is 230 g/mol. The summed E-state index contributed by atoms with van der Waals surface area (Å²) in [6.45, 7) is 0.244. The molecule has 2 aromatic rings. The van der Waals surface area contributed by atoms with Gasteiger partial charge in [0, 0.05) is 12.4 Å². The average molecular weight is 230 g/mol. The molecule has 2 aromatic heterocycles. The Balaban J connectivity index is 2.26. The van der Waals surface area contributed by atoms with Crippen molar-refractivity contribution in [3.05, 3.63) is 60.2 Å². The van der Waals surface area contributed by atoms with Gasteiger partial charge < -0.3 is 9.84 Å². The zero-order valence-corrected chi connectivity index (χ0v) is 9.36. The summed E-state index contributed by atoms with van der Waals surface area (Å²) in [5.41, 5.74) is 1.58. The zero-order chi connectivity index (χ0) is 11.9. The van der Waals surface area contributed by atoms with E-state index in [9.17, 15) is 0 Å². The molecule has 0 saturated heterocycles. The first-order chi connectivity index (χ1) is 8.42. The van der Waals surface area contributed by atoms with E-state index in [0.717, 1.165) is 11.4 Å². The van der Waals surface area contributed by atoms with E-state index < -0.39 is 0 Å². The van der Waals surface area contributed by atoms with E-state index in [0.29, 0.717) is 0 Å². The quantitative estimate of drug-likeness (QED) is 0.847. The number of aliphatic hydroxyl groups excluding tert-OH is 1. The van der Waals surface area contributed by atoms with Gasteiger partial charge in [-0.05, 0) is 24.3 Å². The first-order valence-electron chi connectivity index (χ1n) is 5.46. The van der Waals surface area contributed by atoms with Crippen LogP contribution in [0.25, 0.3) is 0 Å². The van der Waals surface area contributed by atoms with E-state index in [2.05, 4.69) is 9.97 Å². The Morgan fingerprint density at radius 3 is 2.00 bits per heavy atom. The number of aliphatic hydroxyl groups is 1. The molecule has 2 heterocycles. The third-order valence-electron chi connectivity index (χ3n) is 2.29. The maximum atomic E-state index is 8.84. The lowest BCUT2D eigenvalue weighted by Gasteiger charge is -2.16. The Morgan fingerprint density at radius 2 is 1.59 bits per heavy atom. The number of aromatic nitrogens is 2. The third kappa shape index (κ3) is 3.09. The lowest BCUT2D eigenvalue weighted by atomic mass is 10.1. The Hall–Kier alpha value is -1.78. The predicted octanol–water partition coefficient (Wildman–Crippen LogP) is 1.57. The first kappa shape index (κ1) is 11.7. The van der Waals surface area contributed by atoms with Crippen LogP contribution in [0.15, 0.2) is 48.8 Å². The molecular formula is C13H14N2O2. The number of hydrogen-bond acceptors (Lipinski definition) is 4. The number of rotatable bonds is 5. The van der Waals surface area contributed by atoms with E-state index in [1.807, 2.05) is 36.4 Å². The molecule has 0 aliphatic heterocycles. The Kier molecular flexibility index (Phi) is 4.18. The minimum absolute atomic E-state index is 0.0177. The van der Waals surface area contributed by atoms with Crippen molar-refractivity contribution in [3.63, 3.8) is 0 Å². The van der Waals surface area contributed by atoms with E-state index in [1.54, 1.807) is 12.4 Å². The number of ether oxygens (including phenoxy) is 1. The van der Waals surface area contributed by atoms with Crippen molar-refractivity contribution in [3.8, 4) is 0 Å². The molecule has 0 radical (unpaired) electrons. The predicted molar refractivity (Wildman–Crippen MR) is 63.4 cm³/mol. The fourth-order valence-corrected chi connectivity index (χ4v) is 1.55. The summed E-state index contributed by atoms with van der Waals surface area (Å²) in [6.07, 6.45) is 3.10. The molecular weight excluding hydrogens is 216 g/mol. The fourth-order valence-electron chi connectivity index (χ4n) is 1.55. The minimum atomic E-state index is -0.329. The van der Waals surface area contributed by atoms with Gasteiger partial charge in [0.15, 0.2) is 0 Å². The molecule has 0 fully saturated rings. The highest BCUT2D eigenvalue weighted by Gasteiger charge is 2.16. The molecule has 0 unspecified atom stereocenters. The summed E-state index contributed by atoms with van der Waals surface area (Å²) >= 11 is 0. The SMILES string of the molecule is OCCOC(c1ccccn1)c1ccccn1. The van der Waals surface area contributed by atoms with E-state index in [4.69, 9.17) is 9.84 Å². The first-order valence-corrected chi connectivity index (χ1v) is 5.46. The van der Waals surface area contributed by atoms with E-state index in [1.165, 1.54) is 0 Å². The maximum absolute atomic E-state index is 8.84. The number of pyridine rings is 2. The van der Waals surface area contributed by atoms with Gasteiger partial charge in [-0.15, -0.1) is 0 Å². The summed E-state index contributed by atoms with van der Waals surface area (Å²) in [7, 11) is 0. The van der Waals surface area contributed by atoms with Crippen LogP contribution in [0.3, 0.4) is 0 Å². The summed E-state index contributed by atoms with van der Waals surface area (Å²) in [6, 6.07) is 11.3. The van der Waals surface area contributed by atoms with Crippen LogP contribution in [0.5, 0.6) is 0 Å². The van der Waals surface area contributed by atoms with Crippen molar-refractivity contribution in [1.82, 2.24) is 9.97 Å². The van der Waals surface area contributed by atoms with E-state index in [-0.39, 0.29) is 19.3 Å². The Bertz CT molecular complexity index is 394. The zero-order valence-electron chi connectivity index (χ0n) is 9.36. The molecule has 0 amide bonds. The van der Waals surface area contributed by atoms with Crippen LogP contribution in [-0.2, 0) is 4.74 Å². The number of hydrogen-bond donors (Lipinski definition) is 1. The number of nitrogens with zero attached hydrogens (tertiary/aromatic N) is 2. The summed E-state index contributed by atoms with van der Waals surface area (Å²) in [4.78, 5) is 8.52. The largest absolute Gasteiger partial charge is 0.394 e. The molecule has 0 spiro atoms. The van der Waals surface area contributed by atoms with Crippen molar-refractivity contribution < 1.29 is 9.84 Å². The van der Waals surface area contributed by atoms with Crippen LogP contribution in [0, 0.1) is 0 Å². The molecule has 0 aromatic carbocycles. The summed E-state index contributed by atoms with van der Waals surface area (Å²) in [5.74, 6) is 0. The summed E-state index contributed by atoms with van der Waals surface area (Å²) < 4.78 is 5.59. The second-order valence-corrected chi connectivity index (χ2v) is 3.48. The second-order valence-electron chi connectivity index (χ2n) is 3.48. The van der Waals surface area contributed by atoms with Crippen molar-refractivity contribution >= 4 is 0 Å². The second kappa shape index (κ2) is 6.08. The molecule has 0 aliphatic rings. The molecule has 0 bridgehead atoms. The standard InChI is InChI=1S/C13H14N2O2/c16-9-10-17-13(11-5-1-3-7-14-11)12-6-2-4-8-15-12/h1-8,13,16H,9-10H2. The maximum Gasteiger partial charge on any atom is 0.141 e. The van der Waals surface area contributed by atoms with Crippen molar-refractivity contribution in [2.45, 2.75) is 6.10 Å². The van der Waals surface area contributed by atoms with Crippen LogP contribution in [0.1, 0.15) is 17.5 Å². The van der Waals surface area contributed by atoms with Gasteiger partial charge in [-0.1, -0.05) is 12.1 Å². The van der Waals surface area contributed by atoms with Gasteiger partial charge in [-0.2, -0.15) is 0 Å². The summed E-state index contributed by atoms with van der Waals surface area (Å²) in [5, 5.41) is 8.84. The van der Waals surface area contributed by atoms with Crippen LogP contribution < -0.4 is 0 Å². The van der Waals surface area contributed by atoms with Gasteiger partial charge in [0.2, 0.25) is 0 Å². The molecule has 88 valence electrons. The Morgan fingerprint density at radius 1 is 1.00 bits per heavy atom. The highest BCUT2D eigenvalue weighted by molar-refractivity contribution is 5.19. The van der Waals surface area contributed by atoms with Crippen molar-refractivity contribution in [2.75, 3.05) is 13.2 Å². The van der Waals surface area contributed by atoms with Crippen LogP contribution in [0.2, 0.25) is 0 Å². The van der Waals surface area contributed by atoms with Crippen LogP contribution in [0.4, 0.5) is 0 Å². The molecule has 0 saturated carbocycles. The molecule has 4 nitrogen and oxygen atoms in total. The molecule has 0 atom stereocenters. The highest BCUT2D eigenvalue weighted by atomic mass is 16.5. The fraction of sp³-hybridized carbons (Fsp3) is 0.231. The lowest BCUT2D eigenvalue weighted by Crippen LogP contribution is -2.12.